The number of hydrogen-bond acceptors (Lipinski definition) is 2. The highest BCUT2D eigenvalue weighted by Gasteiger charge is 1.96. The number of rotatable bonds is 4. The first kappa shape index (κ1) is 14.1. The lowest BCUT2D eigenvalue weighted by Crippen LogP contribution is -2.10. The van der Waals surface area contributed by atoms with E-state index in [9.17, 15) is 0 Å². The Bertz CT molecular complexity index is 494. The molecule has 0 aliphatic carbocycles. The summed E-state index contributed by atoms with van der Waals surface area (Å²) in [4.78, 5) is 0. The van der Waals surface area contributed by atoms with Crippen LogP contribution in [0.3, 0.4) is 0 Å². The molecule has 18 heavy (non-hydrogen) atoms. The zero-order valence-electron chi connectivity index (χ0n) is 9.89. The summed E-state index contributed by atoms with van der Waals surface area (Å²) in [6.07, 6.45) is 0. The molecule has 0 fully saturated rings. The number of nitrogens with two attached hydrogens (primary N) is 1. The van der Waals surface area contributed by atoms with Crippen LogP contribution in [-0.2, 0) is 6.54 Å². The molecule has 4 N–H and O–H groups in total. The topological polar surface area (TPSA) is 61.9 Å². The van der Waals surface area contributed by atoms with Crippen LogP contribution in [0.5, 0.6) is 0 Å². The van der Waals surface area contributed by atoms with Crippen molar-refractivity contribution in [1.82, 2.24) is 0 Å². The van der Waals surface area contributed by atoms with Crippen LogP contribution in [0, 0.1) is 5.41 Å². The normalized spacial score (nSPS) is 9.33. The van der Waals surface area contributed by atoms with E-state index in [0.29, 0.717) is 0 Å². The molecule has 0 atom stereocenters. The molecule has 0 spiro atoms. The van der Waals surface area contributed by atoms with Crippen molar-refractivity contribution < 1.29 is 0 Å². The van der Waals surface area contributed by atoms with Gasteiger partial charge in [0.05, 0.1) is 0 Å². The number of halogens is 1. The van der Waals surface area contributed by atoms with E-state index in [0.717, 1.165) is 17.8 Å². The van der Waals surface area contributed by atoms with Crippen LogP contribution < -0.4 is 11.1 Å². The summed E-state index contributed by atoms with van der Waals surface area (Å²) < 4.78 is 0. The fraction of sp³-hybridized carbons (Fsp3) is 0.0714. The Labute approximate surface area is 113 Å². The van der Waals surface area contributed by atoms with E-state index >= 15 is 0 Å². The lowest BCUT2D eigenvalue weighted by molar-refractivity contribution is 1.15. The molecule has 3 nitrogen and oxygen atoms in total. The maximum absolute atomic E-state index is 7.30. The molecule has 2 rings (SSSR count). The van der Waals surface area contributed by atoms with Gasteiger partial charge in [-0.15, -0.1) is 12.4 Å². The molecule has 2 aromatic rings. The standard InChI is InChI=1S/C14H15N3.ClH/c15-14(16)12-6-8-13(9-7-12)17-10-11-4-2-1-3-5-11;/h1-9,17H,10H2,(H3,15,16);1H. The van der Waals surface area contributed by atoms with E-state index in [1.54, 1.807) is 0 Å². The monoisotopic (exact) mass is 261 g/mol. The van der Waals surface area contributed by atoms with Gasteiger partial charge in [0.25, 0.3) is 0 Å². The van der Waals surface area contributed by atoms with Gasteiger partial charge >= 0.3 is 0 Å². The fourth-order valence-corrected chi connectivity index (χ4v) is 1.57. The summed E-state index contributed by atoms with van der Waals surface area (Å²) in [6, 6.07) is 17.8. The minimum atomic E-state index is 0. The average Bonchev–Trinajstić information content (AvgIpc) is 2.38. The zero-order valence-corrected chi connectivity index (χ0v) is 10.7. The Hall–Kier alpha value is -2.00. The number of nitrogens with one attached hydrogen (secondary N) is 2. The van der Waals surface area contributed by atoms with Crippen molar-refractivity contribution >= 4 is 23.9 Å². The van der Waals surface area contributed by atoms with Crippen LogP contribution in [0.25, 0.3) is 0 Å². The second-order valence-electron chi connectivity index (χ2n) is 3.83. The number of amidine groups is 1. The highest BCUT2D eigenvalue weighted by atomic mass is 35.5. The summed E-state index contributed by atoms with van der Waals surface area (Å²) in [6.45, 7) is 0.792. The zero-order chi connectivity index (χ0) is 12.1. The molecule has 0 unspecified atom stereocenters. The van der Waals surface area contributed by atoms with Crippen molar-refractivity contribution in [2.24, 2.45) is 5.73 Å². The van der Waals surface area contributed by atoms with E-state index in [-0.39, 0.29) is 18.2 Å². The van der Waals surface area contributed by atoms with E-state index in [4.69, 9.17) is 11.1 Å². The van der Waals surface area contributed by atoms with Gasteiger partial charge in [-0.1, -0.05) is 30.3 Å². The Balaban J connectivity index is 0.00000162. The maximum atomic E-state index is 7.30. The quantitative estimate of drug-likeness (QED) is 0.585. The van der Waals surface area contributed by atoms with Crippen molar-refractivity contribution in [2.45, 2.75) is 6.54 Å². The lowest BCUT2D eigenvalue weighted by Gasteiger charge is -2.07. The van der Waals surface area contributed by atoms with Crippen LogP contribution in [0.15, 0.2) is 54.6 Å². The largest absolute Gasteiger partial charge is 0.384 e. The molecule has 2 aromatic carbocycles. The van der Waals surface area contributed by atoms with Gasteiger partial charge in [0.2, 0.25) is 0 Å². The molecule has 0 saturated carbocycles. The van der Waals surface area contributed by atoms with Crippen molar-refractivity contribution in [3.05, 3.63) is 65.7 Å². The predicted octanol–water partition coefficient (Wildman–Crippen LogP) is 3.00. The predicted molar refractivity (Wildman–Crippen MR) is 78.5 cm³/mol. The van der Waals surface area contributed by atoms with E-state index in [1.807, 2.05) is 42.5 Å². The third-order valence-corrected chi connectivity index (χ3v) is 2.54. The van der Waals surface area contributed by atoms with Gasteiger partial charge in [0.1, 0.15) is 5.84 Å². The molecule has 0 bridgehead atoms. The van der Waals surface area contributed by atoms with Crippen molar-refractivity contribution in [3.8, 4) is 0 Å². The summed E-state index contributed by atoms with van der Waals surface area (Å²) in [7, 11) is 0. The molecule has 0 aliphatic rings. The van der Waals surface area contributed by atoms with Gasteiger partial charge in [-0.3, -0.25) is 5.41 Å². The molecule has 4 heteroatoms. The van der Waals surface area contributed by atoms with Crippen LogP contribution in [0.4, 0.5) is 5.69 Å². The molecule has 0 amide bonds. The molecule has 0 radical (unpaired) electrons. The van der Waals surface area contributed by atoms with Crippen molar-refractivity contribution in [2.75, 3.05) is 5.32 Å². The second-order valence-corrected chi connectivity index (χ2v) is 3.83. The van der Waals surface area contributed by atoms with E-state index in [2.05, 4.69) is 17.4 Å². The highest BCUT2D eigenvalue weighted by Crippen LogP contribution is 2.10. The van der Waals surface area contributed by atoms with Gasteiger partial charge in [-0.2, -0.15) is 0 Å². The lowest BCUT2D eigenvalue weighted by atomic mass is 10.2. The molecule has 0 aromatic heterocycles. The molecule has 0 aliphatic heterocycles. The van der Waals surface area contributed by atoms with Gasteiger partial charge in [-0.05, 0) is 29.8 Å². The summed E-state index contributed by atoms with van der Waals surface area (Å²) in [5.74, 6) is 0.0969. The maximum Gasteiger partial charge on any atom is 0.122 e. The Morgan fingerprint density at radius 2 is 1.61 bits per heavy atom. The molecule has 0 saturated heterocycles. The van der Waals surface area contributed by atoms with Crippen LogP contribution in [0.2, 0.25) is 0 Å². The molecule has 94 valence electrons. The number of anilines is 1. The van der Waals surface area contributed by atoms with E-state index in [1.165, 1.54) is 5.56 Å². The number of nitrogen functional groups attached to an aromatic ring is 1. The van der Waals surface area contributed by atoms with Crippen molar-refractivity contribution in [1.29, 1.82) is 5.41 Å². The average molecular weight is 262 g/mol. The third kappa shape index (κ3) is 3.79. The highest BCUT2D eigenvalue weighted by molar-refractivity contribution is 5.95. The number of benzene rings is 2. The SMILES string of the molecule is Cl.N=C(N)c1ccc(NCc2ccccc2)cc1. The fourth-order valence-electron chi connectivity index (χ4n) is 1.57. The first-order valence-electron chi connectivity index (χ1n) is 5.48. The van der Waals surface area contributed by atoms with Gasteiger partial charge in [0.15, 0.2) is 0 Å². The van der Waals surface area contributed by atoms with Crippen LogP contribution >= 0.6 is 12.4 Å². The van der Waals surface area contributed by atoms with Gasteiger partial charge < -0.3 is 11.1 Å². The van der Waals surface area contributed by atoms with Crippen LogP contribution in [-0.4, -0.2) is 5.84 Å². The minimum absolute atomic E-state index is 0. The van der Waals surface area contributed by atoms with E-state index < -0.39 is 0 Å². The Morgan fingerprint density at radius 1 is 1.00 bits per heavy atom. The van der Waals surface area contributed by atoms with Crippen LogP contribution in [0.1, 0.15) is 11.1 Å². The Kier molecular flexibility index (Phi) is 5.21. The first-order chi connectivity index (χ1) is 8.25. The summed E-state index contributed by atoms with van der Waals surface area (Å²) >= 11 is 0. The van der Waals surface area contributed by atoms with Gasteiger partial charge in [0, 0.05) is 17.8 Å². The Morgan fingerprint density at radius 3 is 2.17 bits per heavy atom. The first-order valence-corrected chi connectivity index (χ1v) is 5.48. The van der Waals surface area contributed by atoms with Crippen molar-refractivity contribution in [3.63, 3.8) is 0 Å². The summed E-state index contributed by atoms with van der Waals surface area (Å²) in [5, 5.41) is 10.6. The summed E-state index contributed by atoms with van der Waals surface area (Å²) in [5.41, 5.74) is 8.40. The molecular weight excluding hydrogens is 246 g/mol. The minimum Gasteiger partial charge on any atom is -0.384 e. The second kappa shape index (κ2) is 6.67. The smallest absolute Gasteiger partial charge is 0.122 e. The third-order valence-electron chi connectivity index (χ3n) is 2.54. The number of hydrogen-bond donors (Lipinski definition) is 3. The molecule has 0 heterocycles. The molecular formula is C14H16ClN3. The van der Waals surface area contributed by atoms with Gasteiger partial charge in [-0.25, -0.2) is 0 Å².